The van der Waals surface area contributed by atoms with Gasteiger partial charge in [0.15, 0.2) is 5.82 Å². The number of hydrogen-bond acceptors (Lipinski definition) is 4. The molecule has 3 rings (SSSR count). The van der Waals surface area contributed by atoms with Crippen molar-refractivity contribution in [2.75, 3.05) is 18.9 Å². The molecule has 7 heteroatoms. The molecule has 22 heavy (non-hydrogen) atoms. The summed E-state index contributed by atoms with van der Waals surface area (Å²) in [4.78, 5) is 22.9. The highest BCUT2D eigenvalue weighted by atomic mass is 79.9. The molecule has 114 valence electrons. The number of carbonyl (C=O) groups is 1. The number of carbonyl (C=O) groups excluding carboxylic acids is 1. The molecule has 1 saturated heterocycles. The van der Waals surface area contributed by atoms with Gasteiger partial charge in [0.1, 0.15) is 15.9 Å². The molecule has 0 bridgehead atoms. The van der Waals surface area contributed by atoms with Gasteiger partial charge in [-0.25, -0.2) is 9.97 Å². The van der Waals surface area contributed by atoms with Gasteiger partial charge in [0.25, 0.3) is 5.91 Å². The minimum atomic E-state index is -0.138. The first kappa shape index (κ1) is 14.9. The summed E-state index contributed by atoms with van der Waals surface area (Å²) in [6, 6.07) is -0.0562. The molecule has 0 aromatic carbocycles. The van der Waals surface area contributed by atoms with Crippen molar-refractivity contribution >= 4 is 33.2 Å². The lowest BCUT2D eigenvalue weighted by Gasteiger charge is -2.21. The summed E-state index contributed by atoms with van der Waals surface area (Å²) in [6.45, 7) is 2.39. The third-order valence-corrected chi connectivity index (χ3v) is 4.37. The second-order valence-corrected chi connectivity index (χ2v) is 5.79. The number of likely N-dealkylation sites (tertiary alicyclic amines) is 1. The van der Waals surface area contributed by atoms with E-state index in [1.165, 1.54) is 0 Å². The van der Waals surface area contributed by atoms with E-state index in [-0.39, 0.29) is 11.9 Å². The van der Waals surface area contributed by atoms with Gasteiger partial charge in [-0.2, -0.15) is 0 Å². The van der Waals surface area contributed by atoms with Gasteiger partial charge in [-0.3, -0.25) is 9.20 Å². The lowest BCUT2D eigenvalue weighted by atomic mass is 10.2. The first-order valence-corrected chi connectivity index (χ1v) is 7.90. The molecular formula is C15H16BrN5O. The van der Waals surface area contributed by atoms with Crippen LogP contribution in [0.4, 0.5) is 5.82 Å². The predicted molar refractivity (Wildman–Crippen MR) is 87.4 cm³/mol. The molecule has 6 nitrogen and oxygen atoms in total. The summed E-state index contributed by atoms with van der Waals surface area (Å²) in [7, 11) is 1.82. The molecular weight excluding hydrogens is 346 g/mol. The molecule has 1 fully saturated rings. The quantitative estimate of drug-likeness (QED) is 0.833. The summed E-state index contributed by atoms with van der Waals surface area (Å²) < 4.78 is 2.71. The topological polar surface area (TPSA) is 62.5 Å². The smallest absolute Gasteiger partial charge is 0.299 e. The second-order valence-electron chi connectivity index (χ2n) is 5.04. The third-order valence-electron chi connectivity index (χ3n) is 3.82. The first-order chi connectivity index (χ1) is 10.7. The maximum absolute atomic E-state index is 12.2. The lowest BCUT2D eigenvalue weighted by Crippen LogP contribution is -2.30. The normalized spacial score (nSPS) is 17.4. The number of hydrogen-bond donors (Lipinski definition) is 1. The van der Waals surface area contributed by atoms with Gasteiger partial charge in [0.2, 0.25) is 0 Å². The van der Waals surface area contributed by atoms with Crippen molar-refractivity contribution in [3.8, 4) is 11.8 Å². The van der Waals surface area contributed by atoms with Crippen LogP contribution in [0, 0.1) is 11.8 Å². The standard InChI is InChI=1S/C15H16BrN5O/c1-3-5-11(22)20-8-4-6-10(20)15-19-13(16)12-14(17-2)18-7-9-21(12)15/h7,9-10H,4,6,8H2,1-2H3,(H,17,18). The second kappa shape index (κ2) is 5.97. The zero-order valence-electron chi connectivity index (χ0n) is 12.4. The Morgan fingerprint density at radius 1 is 1.55 bits per heavy atom. The van der Waals surface area contributed by atoms with E-state index in [1.54, 1.807) is 18.0 Å². The minimum Gasteiger partial charge on any atom is -0.371 e. The minimum absolute atomic E-state index is 0.0562. The maximum atomic E-state index is 12.2. The largest absolute Gasteiger partial charge is 0.371 e. The van der Waals surface area contributed by atoms with Gasteiger partial charge in [-0.05, 0) is 41.6 Å². The SMILES string of the molecule is CC#CC(=O)N1CCCC1c1nc(Br)c2c(NC)nccn12. The van der Waals surface area contributed by atoms with Gasteiger partial charge in [-0.1, -0.05) is 5.92 Å². The zero-order chi connectivity index (χ0) is 15.7. The number of halogens is 1. The van der Waals surface area contributed by atoms with Gasteiger partial charge in [0, 0.05) is 26.0 Å². The van der Waals surface area contributed by atoms with Crippen molar-refractivity contribution in [3.05, 3.63) is 22.8 Å². The highest BCUT2D eigenvalue weighted by Crippen LogP contribution is 2.35. The number of fused-ring (bicyclic) bond motifs is 1. The number of nitrogens with zero attached hydrogens (tertiary/aromatic N) is 4. The van der Waals surface area contributed by atoms with Crippen LogP contribution in [-0.4, -0.2) is 38.8 Å². The van der Waals surface area contributed by atoms with E-state index < -0.39 is 0 Å². The number of nitrogens with one attached hydrogen (secondary N) is 1. The van der Waals surface area contributed by atoms with Crippen LogP contribution in [0.15, 0.2) is 17.0 Å². The van der Waals surface area contributed by atoms with Crippen LogP contribution in [-0.2, 0) is 4.79 Å². The van der Waals surface area contributed by atoms with Crippen LogP contribution in [0.3, 0.4) is 0 Å². The van der Waals surface area contributed by atoms with Gasteiger partial charge >= 0.3 is 0 Å². The fourth-order valence-corrected chi connectivity index (χ4v) is 3.46. The maximum Gasteiger partial charge on any atom is 0.299 e. The van der Waals surface area contributed by atoms with Crippen molar-refractivity contribution < 1.29 is 4.79 Å². The Morgan fingerprint density at radius 2 is 2.36 bits per heavy atom. The van der Waals surface area contributed by atoms with E-state index in [1.807, 2.05) is 17.6 Å². The highest BCUT2D eigenvalue weighted by Gasteiger charge is 2.33. The molecule has 1 N–H and O–H groups in total. The van der Waals surface area contributed by atoms with Crippen molar-refractivity contribution in [2.24, 2.45) is 0 Å². The molecule has 2 aromatic rings. The Hall–Kier alpha value is -2.07. The van der Waals surface area contributed by atoms with Crippen molar-refractivity contribution in [1.82, 2.24) is 19.3 Å². The molecule has 0 radical (unpaired) electrons. The van der Waals surface area contributed by atoms with Crippen LogP contribution >= 0.6 is 15.9 Å². The van der Waals surface area contributed by atoms with E-state index >= 15 is 0 Å². The van der Waals surface area contributed by atoms with Crippen LogP contribution in [0.5, 0.6) is 0 Å². The van der Waals surface area contributed by atoms with Crippen LogP contribution in [0.2, 0.25) is 0 Å². The average Bonchev–Trinajstić information content (AvgIpc) is 3.12. The van der Waals surface area contributed by atoms with Gasteiger partial charge in [-0.15, -0.1) is 0 Å². The predicted octanol–water partition coefficient (Wildman–Crippen LogP) is 2.22. The molecule has 0 aliphatic carbocycles. The van der Waals surface area contributed by atoms with Crippen molar-refractivity contribution in [3.63, 3.8) is 0 Å². The molecule has 1 amide bonds. The molecule has 2 aromatic heterocycles. The zero-order valence-corrected chi connectivity index (χ0v) is 14.0. The Labute approximate surface area is 137 Å². The Bertz CT molecular complexity index is 788. The molecule has 0 saturated carbocycles. The van der Waals surface area contributed by atoms with E-state index in [0.29, 0.717) is 6.54 Å². The fraction of sp³-hybridized carbons (Fsp3) is 0.400. The summed E-state index contributed by atoms with van der Waals surface area (Å²) in [5, 5.41) is 3.06. The fourth-order valence-electron chi connectivity index (χ4n) is 2.89. The number of aromatic nitrogens is 3. The van der Waals surface area contributed by atoms with E-state index in [2.05, 4.69) is 43.1 Å². The molecule has 0 spiro atoms. The Kier molecular flexibility index (Phi) is 4.03. The Balaban J connectivity index is 2.10. The molecule has 1 unspecified atom stereocenters. The van der Waals surface area contributed by atoms with Crippen LogP contribution in [0.1, 0.15) is 31.6 Å². The van der Waals surface area contributed by atoms with Crippen LogP contribution < -0.4 is 5.32 Å². The summed E-state index contributed by atoms with van der Waals surface area (Å²) in [5.74, 6) is 6.75. The van der Waals surface area contributed by atoms with Crippen molar-refractivity contribution in [2.45, 2.75) is 25.8 Å². The number of anilines is 1. The molecule has 1 aliphatic heterocycles. The number of amides is 1. The Morgan fingerprint density at radius 3 is 3.09 bits per heavy atom. The summed E-state index contributed by atoms with van der Waals surface area (Å²) >= 11 is 3.50. The number of imidazole rings is 1. The lowest BCUT2D eigenvalue weighted by molar-refractivity contribution is -0.126. The average molecular weight is 362 g/mol. The molecule has 1 atom stereocenters. The summed E-state index contributed by atoms with van der Waals surface area (Å²) in [6.07, 6.45) is 5.44. The monoisotopic (exact) mass is 361 g/mol. The molecule has 3 heterocycles. The van der Waals surface area contributed by atoms with E-state index in [4.69, 9.17) is 0 Å². The third kappa shape index (κ3) is 2.33. The van der Waals surface area contributed by atoms with Crippen LogP contribution in [0.25, 0.3) is 5.52 Å². The van der Waals surface area contributed by atoms with Crippen molar-refractivity contribution in [1.29, 1.82) is 0 Å². The van der Waals surface area contributed by atoms with Gasteiger partial charge < -0.3 is 10.2 Å². The van der Waals surface area contributed by atoms with E-state index in [9.17, 15) is 4.79 Å². The number of rotatable bonds is 2. The highest BCUT2D eigenvalue weighted by molar-refractivity contribution is 9.10. The van der Waals surface area contributed by atoms with E-state index in [0.717, 1.165) is 34.6 Å². The van der Waals surface area contributed by atoms with Gasteiger partial charge in [0.05, 0.1) is 6.04 Å². The molecule has 1 aliphatic rings. The summed E-state index contributed by atoms with van der Waals surface area (Å²) in [5.41, 5.74) is 0.876. The first-order valence-electron chi connectivity index (χ1n) is 7.11.